The van der Waals surface area contributed by atoms with Gasteiger partial charge in [0.2, 0.25) is 0 Å². The third-order valence-electron chi connectivity index (χ3n) is 4.06. The Hall–Kier alpha value is -2.00. The highest BCUT2D eigenvalue weighted by Gasteiger charge is 2.23. The molecule has 3 heteroatoms. The minimum absolute atomic E-state index is 0.0843. The lowest BCUT2D eigenvalue weighted by atomic mass is 9.97. The van der Waals surface area contributed by atoms with Gasteiger partial charge in [-0.2, -0.15) is 0 Å². The second kappa shape index (κ2) is 5.78. The number of benzene rings is 2. The Morgan fingerprint density at radius 2 is 2.05 bits per heavy atom. The Morgan fingerprint density at radius 3 is 2.90 bits per heavy atom. The van der Waals surface area contributed by atoms with E-state index < -0.39 is 0 Å². The number of ether oxygens (including phenoxy) is 1. The lowest BCUT2D eigenvalue weighted by Gasteiger charge is -2.29. The average Bonchev–Trinajstić information content (AvgIpc) is 2.50. The summed E-state index contributed by atoms with van der Waals surface area (Å²) in [4.78, 5) is 0. The highest BCUT2D eigenvalue weighted by molar-refractivity contribution is 5.40. The van der Waals surface area contributed by atoms with E-state index in [1.807, 2.05) is 37.3 Å². The largest absolute Gasteiger partial charge is 0.508 e. The van der Waals surface area contributed by atoms with E-state index in [1.54, 1.807) is 6.07 Å². The summed E-state index contributed by atoms with van der Waals surface area (Å²) in [5.74, 6) is 1.31. The van der Waals surface area contributed by atoms with E-state index >= 15 is 0 Å². The van der Waals surface area contributed by atoms with Gasteiger partial charge in [0.25, 0.3) is 0 Å². The van der Waals surface area contributed by atoms with Gasteiger partial charge in [0, 0.05) is 29.6 Å². The Bertz CT molecular complexity index is 639. The van der Waals surface area contributed by atoms with Crippen molar-refractivity contribution in [1.82, 2.24) is 5.32 Å². The summed E-state index contributed by atoms with van der Waals surface area (Å²) in [5.41, 5.74) is 3.30. The van der Waals surface area contributed by atoms with Gasteiger partial charge in [-0.1, -0.05) is 35.9 Å². The average molecular weight is 283 g/mol. The van der Waals surface area contributed by atoms with Crippen LogP contribution in [0.15, 0.2) is 42.5 Å². The number of para-hydroxylation sites is 1. The molecule has 21 heavy (non-hydrogen) atoms. The number of rotatable bonds is 3. The molecule has 1 heterocycles. The first-order valence-corrected chi connectivity index (χ1v) is 7.42. The van der Waals surface area contributed by atoms with Gasteiger partial charge >= 0.3 is 0 Å². The molecule has 110 valence electrons. The van der Waals surface area contributed by atoms with Gasteiger partial charge in [0.1, 0.15) is 11.5 Å². The summed E-state index contributed by atoms with van der Waals surface area (Å²) in [5, 5.41) is 13.7. The molecule has 0 amide bonds. The first kappa shape index (κ1) is 14.0. The van der Waals surface area contributed by atoms with Gasteiger partial charge in [-0.05, 0) is 26.0 Å². The smallest absolute Gasteiger partial charge is 0.124 e. The zero-order valence-corrected chi connectivity index (χ0v) is 12.5. The molecule has 2 unspecified atom stereocenters. The standard InChI is InChI=1S/C18H21NO2/c1-12-7-8-17(20)15(11-12)13(2)19-16-9-10-21-18-6-4-3-5-14(16)18/h3-8,11,13,16,19-20H,9-10H2,1-2H3. The summed E-state index contributed by atoms with van der Waals surface area (Å²) in [6, 6.07) is 14.2. The predicted octanol–water partition coefficient (Wildman–Crippen LogP) is 3.88. The van der Waals surface area contributed by atoms with Crippen LogP contribution in [0.1, 0.15) is 42.1 Å². The fraction of sp³-hybridized carbons (Fsp3) is 0.333. The third-order valence-corrected chi connectivity index (χ3v) is 4.06. The topological polar surface area (TPSA) is 41.5 Å². The fourth-order valence-electron chi connectivity index (χ4n) is 2.93. The molecule has 2 aromatic carbocycles. The van der Waals surface area contributed by atoms with Crippen LogP contribution in [0.3, 0.4) is 0 Å². The Morgan fingerprint density at radius 1 is 1.24 bits per heavy atom. The van der Waals surface area contributed by atoms with Crippen LogP contribution in [-0.4, -0.2) is 11.7 Å². The van der Waals surface area contributed by atoms with E-state index in [0.29, 0.717) is 5.75 Å². The van der Waals surface area contributed by atoms with Crippen LogP contribution in [0.4, 0.5) is 0 Å². The van der Waals surface area contributed by atoms with E-state index in [4.69, 9.17) is 4.74 Å². The molecule has 3 nitrogen and oxygen atoms in total. The molecule has 0 saturated heterocycles. The maximum atomic E-state index is 10.1. The maximum Gasteiger partial charge on any atom is 0.124 e. The molecular weight excluding hydrogens is 262 g/mol. The van der Waals surface area contributed by atoms with Crippen molar-refractivity contribution in [2.45, 2.75) is 32.4 Å². The molecule has 0 aromatic heterocycles. The number of hydrogen-bond donors (Lipinski definition) is 2. The minimum Gasteiger partial charge on any atom is -0.508 e. The quantitative estimate of drug-likeness (QED) is 0.898. The lowest BCUT2D eigenvalue weighted by Crippen LogP contribution is -2.29. The minimum atomic E-state index is 0.0843. The van der Waals surface area contributed by atoms with Crippen molar-refractivity contribution in [2.75, 3.05) is 6.61 Å². The number of nitrogens with one attached hydrogen (secondary N) is 1. The number of fused-ring (bicyclic) bond motifs is 1. The molecule has 2 atom stereocenters. The summed E-state index contributed by atoms with van der Waals surface area (Å²) in [7, 11) is 0. The molecule has 1 aliphatic rings. The molecule has 0 aliphatic carbocycles. The van der Waals surface area contributed by atoms with Crippen LogP contribution in [0.25, 0.3) is 0 Å². The van der Waals surface area contributed by atoms with E-state index in [2.05, 4.69) is 18.3 Å². The van der Waals surface area contributed by atoms with Gasteiger partial charge in [0.15, 0.2) is 0 Å². The fourth-order valence-corrected chi connectivity index (χ4v) is 2.93. The number of aromatic hydroxyl groups is 1. The first-order valence-electron chi connectivity index (χ1n) is 7.42. The van der Waals surface area contributed by atoms with Crippen molar-refractivity contribution in [3.8, 4) is 11.5 Å². The van der Waals surface area contributed by atoms with Crippen molar-refractivity contribution >= 4 is 0 Å². The van der Waals surface area contributed by atoms with Crippen molar-refractivity contribution in [3.63, 3.8) is 0 Å². The Kier molecular flexibility index (Phi) is 3.84. The molecule has 0 saturated carbocycles. The number of hydrogen-bond acceptors (Lipinski definition) is 3. The summed E-state index contributed by atoms with van der Waals surface area (Å²) in [6.45, 7) is 4.85. The van der Waals surface area contributed by atoms with Crippen LogP contribution >= 0.6 is 0 Å². The van der Waals surface area contributed by atoms with Crippen molar-refractivity contribution in [2.24, 2.45) is 0 Å². The van der Waals surface area contributed by atoms with Crippen LogP contribution in [-0.2, 0) is 0 Å². The molecular formula is C18H21NO2. The number of phenolic OH excluding ortho intramolecular Hbond substituents is 1. The van der Waals surface area contributed by atoms with E-state index in [-0.39, 0.29) is 12.1 Å². The Balaban J connectivity index is 1.82. The van der Waals surface area contributed by atoms with E-state index in [9.17, 15) is 5.11 Å². The zero-order valence-electron chi connectivity index (χ0n) is 12.5. The zero-order chi connectivity index (χ0) is 14.8. The van der Waals surface area contributed by atoms with Crippen LogP contribution in [0.2, 0.25) is 0 Å². The Labute approximate surface area is 125 Å². The van der Waals surface area contributed by atoms with Gasteiger partial charge < -0.3 is 15.2 Å². The normalized spacial score (nSPS) is 18.7. The predicted molar refractivity (Wildman–Crippen MR) is 83.7 cm³/mol. The first-order chi connectivity index (χ1) is 10.1. The summed E-state index contributed by atoms with van der Waals surface area (Å²) < 4.78 is 5.69. The van der Waals surface area contributed by atoms with Crippen molar-refractivity contribution in [1.29, 1.82) is 0 Å². The molecule has 0 bridgehead atoms. The second-order valence-electron chi connectivity index (χ2n) is 5.68. The molecule has 0 spiro atoms. The van der Waals surface area contributed by atoms with Gasteiger partial charge in [-0.25, -0.2) is 0 Å². The molecule has 2 N–H and O–H groups in total. The molecule has 3 rings (SSSR count). The number of phenols is 1. The van der Waals surface area contributed by atoms with Gasteiger partial charge in [0.05, 0.1) is 6.61 Å². The van der Waals surface area contributed by atoms with Crippen LogP contribution in [0, 0.1) is 6.92 Å². The monoisotopic (exact) mass is 283 g/mol. The molecule has 0 fully saturated rings. The highest BCUT2D eigenvalue weighted by atomic mass is 16.5. The van der Waals surface area contributed by atoms with Crippen molar-refractivity contribution < 1.29 is 9.84 Å². The SMILES string of the molecule is Cc1ccc(O)c(C(C)NC2CCOc3ccccc32)c1. The maximum absolute atomic E-state index is 10.1. The lowest BCUT2D eigenvalue weighted by molar-refractivity contribution is 0.245. The summed E-state index contributed by atoms with van der Waals surface area (Å²) >= 11 is 0. The summed E-state index contributed by atoms with van der Waals surface area (Å²) in [6.07, 6.45) is 0.938. The number of aryl methyl sites for hydroxylation is 1. The second-order valence-corrected chi connectivity index (χ2v) is 5.68. The van der Waals surface area contributed by atoms with Crippen LogP contribution in [0.5, 0.6) is 11.5 Å². The highest BCUT2D eigenvalue weighted by Crippen LogP contribution is 2.34. The van der Waals surface area contributed by atoms with Gasteiger partial charge in [-0.3, -0.25) is 0 Å². The van der Waals surface area contributed by atoms with Gasteiger partial charge in [-0.15, -0.1) is 0 Å². The molecule has 0 radical (unpaired) electrons. The molecule has 1 aliphatic heterocycles. The van der Waals surface area contributed by atoms with Crippen molar-refractivity contribution in [3.05, 3.63) is 59.2 Å². The van der Waals surface area contributed by atoms with E-state index in [1.165, 1.54) is 5.56 Å². The molecule has 2 aromatic rings. The van der Waals surface area contributed by atoms with Crippen LogP contribution < -0.4 is 10.1 Å². The third kappa shape index (κ3) is 2.88. The van der Waals surface area contributed by atoms with E-state index in [0.717, 1.165) is 29.9 Å².